The smallest absolute Gasteiger partial charge is 0.264 e. The van der Waals surface area contributed by atoms with E-state index in [9.17, 15) is 9.59 Å². The van der Waals surface area contributed by atoms with Gasteiger partial charge < -0.3 is 10.2 Å². The molecule has 2 amide bonds. The van der Waals surface area contributed by atoms with Crippen LogP contribution in [-0.4, -0.2) is 30.3 Å². The highest BCUT2D eigenvalue weighted by Crippen LogP contribution is 2.32. The molecule has 23 heavy (non-hydrogen) atoms. The van der Waals surface area contributed by atoms with Gasteiger partial charge in [0.2, 0.25) is 5.91 Å². The Labute approximate surface area is 156 Å². The molecule has 0 atom stereocenters. The lowest BCUT2D eigenvalue weighted by molar-refractivity contribution is -0.116. The summed E-state index contributed by atoms with van der Waals surface area (Å²) in [5, 5.41) is 2.88. The maximum Gasteiger partial charge on any atom is 0.264 e. The van der Waals surface area contributed by atoms with Crippen LogP contribution in [0.25, 0.3) is 0 Å². The lowest BCUT2D eigenvalue weighted by Gasteiger charge is -2.17. The minimum Gasteiger partial charge on any atom is -0.332 e. The van der Waals surface area contributed by atoms with Crippen molar-refractivity contribution in [1.82, 2.24) is 4.90 Å². The number of benzene rings is 1. The minimum absolute atomic E-state index is 0.000252. The third kappa shape index (κ3) is 4.43. The molecule has 0 spiro atoms. The first-order valence-corrected chi connectivity index (χ1v) is 9.26. The fourth-order valence-electron chi connectivity index (χ4n) is 2.12. The highest BCUT2D eigenvalue weighted by Gasteiger charge is 2.19. The van der Waals surface area contributed by atoms with E-state index in [2.05, 4.69) is 37.2 Å². The van der Waals surface area contributed by atoms with Gasteiger partial charge in [0.1, 0.15) is 0 Å². The third-order valence-electron chi connectivity index (χ3n) is 3.33. The number of thiophene rings is 1. The van der Waals surface area contributed by atoms with Crippen LogP contribution < -0.4 is 5.32 Å². The van der Waals surface area contributed by atoms with Crippen LogP contribution in [0.2, 0.25) is 0 Å². The Morgan fingerprint density at radius 3 is 2.35 bits per heavy atom. The summed E-state index contributed by atoms with van der Waals surface area (Å²) in [4.78, 5) is 26.5. The van der Waals surface area contributed by atoms with Crippen molar-refractivity contribution in [3.05, 3.63) is 48.5 Å². The quantitative estimate of drug-likeness (QED) is 0.726. The van der Waals surface area contributed by atoms with Crippen LogP contribution in [0.15, 0.2) is 32.5 Å². The molecular weight excluding hydrogens is 444 g/mol. The van der Waals surface area contributed by atoms with Gasteiger partial charge in [0.25, 0.3) is 5.91 Å². The Bertz CT molecular complexity index is 719. The minimum atomic E-state index is -0.215. The molecule has 0 bridgehead atoms. The zero-order valence-corrected chi connectivity index (χ0v) is 16.9. The van der Waals surface area contributed by atoms with Gasteiger partial charge in [0, 0.05) is 17.2 Å². The Hall–Kier alpha value is -1.18. The van der Waals surface area contributed by atoms with Crippen LogP contribution in [-0.2, 0) is 4.79 Å². The van der Waals surface area contributed by atoms with Crippen LogP contribution in [0, 0.1) is 13.8 Å². The molecule has 0 aliphatic carbocycles. The number of nitrogens with zero attached hydrogens (tertiary/aromatic N) is 1. The van der Waals surface area contributed by atoms with Crippen molar-refractivity contribution >= 4 is 60.7 Å². The van der Waals surface area contributed by atoms with Crippen LogP contribution >= 0.6 is 43.2 Å². The lowest BCUT2D eigenvalue weighted by atomic mass is 10.1. The molecule has 0 fully saturated rings. The molecule has 1 aromatic carbocycles. The highest BCUT2D eigenvalue weighted by atomic mass is 79.9. The van der Waals surface area contributed by atoms with E-state index in [4.69, 9.17) is 0 Å². The number of aryl methyl sites for hydroxylation is 2. The van der Waals surface area contributed by atoms with Crippen molar-refractivity contribution in [2.45, 2.75) is 13.8 Å². The third-order valence-corrected chi connectivity index (χ3v) is 6.57. The number of hydrogen-bond donors (Lipinski definition) is 1. The Morgan fingerprint density at radius 2 is 1.83 bits per heavy atom. The summed E-state index contributed by atoms with van der Waals surface area (Å²) in [6.45, 7) is 3.89. The second-order valence-corrected chi connectivity index (χ2v) is 8.43. The van der Waals surface area contributed by atoms with E-state index in [0.717, 1.165) is 25.1 Å². The van der Waals surface area contributed by atoms with Gasteiger partial charge >= 0.3 is 0 Å². The highest BCUT2D eigenvalue weighted by molar-refractivity contribution is 9.13. The number of nitrogens with one attached hydrogen (secondary N) is 1. The van der Waals surface area contributed by atoms with Gasteiger partial charge in [0.05, 0.1) is 15.2 Å². The van der Waals surface area contributed by atoms with Gasteiger partial charge in [-0.25, -0.2) is 0 Å². The van der Waals surface area contributed by atoms with E-state index in [0.29, 0.717) is 4.88 Å². The molecule has 4 nitrogen and oxygen atoms in total. The van der Waals surface area contributed by atoms with E-state index in [1.54, 1.807) is 13.1 Å². The molecule has 0 saturated carbocycles. The average Bonchev–Trinajstić information content (AvgIpc) is 2.82. The number of halogens is 2. The first kappa shape index (κ1) is 18.2. The summed E-state index contributed by atoms with van der Waals surface area (Å²) >= 11 is 8.06. The van der Waals surface area contributed by atoms with Crippen LogP contribution in [0.4, 0.5) is 5.69 Å². The Kier molecular flexibility index (Phi) is 6.00. The first-order valence-electron chi connectivity index (χ1n) is 6.86. The van der Waals surface area contributed by atoms with Crippen molar-refractivity contribution in [2.24, 2.45) is 0 Å². The van der Waals surface area contributed by atoms with Gasteiger partial charge in [-0.05, 0) is 62.9 Å². The molecule has 122 valence electrons. The molecular formula is C16H16Br2N2O2S. The summed E-state index contributed by atoms with van der Waals surface area (Å²) < 4.78 is 1.69. The molecule has 7 heteroatoms. The summed E-state index contributed by atoms with van der Waals surface area (Å²) in [5.41, 5.74) is 2.80. The average molecular weight is 460 g/mol. The number of hydrogen-bond acceptors (Lipinski definition) is 3. The van der Waals surface area contributed by atoms with E-state index in [1.807, 2.05) is 32.0 Å². The van der Waals surface area contributed by atoms with Gasteiger partial charge in [0.15, 0.2) is 0 Å². The molecule has 0 unspecified atom stereocenters. The fraction of sp³-hybridized carbons (Fsp3) is 0.250. The predicted octanol–water partition coefficient (Wildman–Crippen LogP) is 4.60. The number of carbonyl (C=O) groups is 2. The van der Waals surface area contributed by atoms with Crippen molar-refractivity contribution in [3.8, 4) is 0 Å². The lowest BCUT2D eigenvalue weighted by Crippen LogP contribution is -2.34. The van der Waals surface area contributed by atoms with Crippen molar-refractivity contribution in [1.29, 1.82) is 0 Å². The maximum atomic E-state index is 12.3. The van der Waals surface area contributed by atoms with E-state index in [-0.39, 0.29) is 18.4 Å². The molecule has 1 N–H and O–H groups in total. The largest absolute Gasteiger partial charge is 0.332 e. The van der Waals surface area contributed by atoms with Crippen LogP contribution in [0.5, 0.6) is 0 Å². The molecule has 0 aliphatic heterocycles. The second-order valence-electron chi connectivity index (χ2n) is 5.21. The second kappa shape index (κ2) is 7.59. The Balaban J connectivity index is 2.03. The molecule has 1 aromatic heterocycles. The van der Waals surface area contributed by atoms with Crippen LogP contribution in [0.3, 0.4) is 0 Å². The molecule has 0 saturated heterocycles. The van der Waals surface area contributed by atoms with Gasteiger partial charge in [-0.2, -0.15) is 0 Å². The van der Waals surface area contributed by atoms with Crippen LogP contribution in [0.1, 0.15) is 20.8 Å². The van der Waals surface area contributed by atoms with E-state index in [1.165, 1.54) is 16.2 Å². The number of carbonyl (C=O) groups excluding carboxylic acids is 2. The molecule has 2 rings (SSSR count). The van der Waals surface area contributed by atoms with Gasteiger partial charge in [-0.1, -0.05) is 18.2 Å². The zero-order chi connectivity index (χ0) is 17.1. The van der Waals surface area contributed by atoms with E-state index >= 15 is 0 Å². The van der Waals surface area contributed by atoms with E-state index < -0.39 is 0 Å². The molecule has 0 radical (unpaired) electrons. The van der Waals surface area contributed by atoms with Crippen molar-refractivity contribution < 1.29 is 9.59 Å². The number of para-hydroxylation sites is 1. The summed E-state index contributed by atoms with van der Waals surface area (Å²) in [7, 11) is 1.62. The predicted molar refractivity (Wildman–Crippen MR) is 101 cm³/mol. The van der Waals surface area contributed by atoms with Gasteiger partial charge in [-0.15, -0.1) is 11.3 Å². The fourth-order valence-corrected chi connectivity index (χ4v) is 4.15. The molecule has 2 aromatic rings. The van der Waals surface area contributed by atoms with Gasteiger partial charge in [-0.3, -0.25) is 9.59 Å². The van der Waals surface area contributed by atoms with Crippen molar-refractivity contribution in [2.75, 3.05) is 18.9 Å². The Morgan fingerprint density at radius 1 is 1.22 bits per heavy atom. The summed E-state index contributed by atoms with van der Waals surface area (Å²) in [5.74, 6) is -0.397. The van der Waals surface area contributed by atoms with Crippen molar-refractivity contribution in [3.63, 3.8) is 0 Å². The standard InChI is InChI=1S/C16H16Br2N2O2S/c1-9-5-4-6-10(2)14(9)19-13(21)8-20(3)16(22)12-7-11(17)15(18)23-12/h4-7H,8H2,1-3H3,(H,19,21). The number of rotatable bonds is 4. The maximum absolute atomic E-state index is 12.3. The number of anilines is 1. The number of likely N-dealkylation sites (N-methyl/N-ethyl adjacent to an activating group) is 1. The topological polar surface area (TPSA) is 49.4 Å². The number of amides is 2. The monoisotopic (exact) mass is 458 g/mol. The zero-order valence-electron chi connectivity index (χ0n) is 12.9. The summed E-state index contributed by atoms with van der Waals surface area (Å²) in [6, 6.07) is 7.58. The first-order chi connectivity index (χ1) is 10.8. The molecule has 0 aliphatic rings. The molecule has 1 heterocycles. The normalized spacial score (nSPS) is 10.5. The summed E-state index contributed by atoms with van der Waals surface area (Å²) in [6.07, 6.45) is 0. The SMILES string of the molecule is Cc1cccc(C)c1NC(=O)CN(C)C(=O)c1cc(Br)c(Br)s1.